The molecule has 108 valence electrons. The van der Waals surface area contributed by atoms with Gasteiger partial charge in [0.15, 0.2) is 0 Å². The van der Waals surface area contributed by atoms with Gasteiger partial charge in [-0.15, -0.1) is 0 Å². The highest BCUT2D eigenvalue weighted by Gasteiger charge is 2.30. The van der Waals surface area contributed by atoms with Crippen LogP contribution < -0.4 is 11.1 Å². The Morgan fingerprint density at radius 1 is 1.14 bits per heavy atom. The predicted molar refractivity (Wildman–Crippen MR) is 75.3 cm³/mol. The molecule has 7 heteroatoms. The Kier molecular flexibility index (Phi) is 3.96. The van der Waals surface area contributed by atoms with Gasteiger partial charge in [-0.05, 0) is 36.4 Å². The molecule has 0 heterocycles. The van der Waals surface area contributed by atoms with Crippen LogP contribution in [0.4, 0.5) is 30.2 Å². The summed E-state index contributed by atoms with van der Waals surface area (Å²) < 4.78 is 38.0. The van der Waals surface area contributed by atoms with Crippen LogP contribution in [0, 0.1) is 11.3 Å². The lowest BCUT2D eigenvalue weighted by Gasteiger charge is -2.13. The summed E-state index contributed by atoms with van der Waals surface area (Å²) in [6.45, 7) is 0. The first-order valence-electron chi connectivity index (χ1n) is 5.74. The third kappa shape index (κ3) is 3.38. The topological polar surface area (TPSA) is 61.8 Å². The second kappa shape index (κ2) is 5.54. The van der Waals surface area contributed by atoms with E-state index in [0.29, 0.717) is 5.69 Å². The highest BCUT2D eigenvalue weighted by molar-refractivity contribution is 6.33. The SMILES string of the molecule is N#Cc1ccc(Nc2cc(C(F)(F)F)ccc2Cl)cc1N. The zero-order chi connectivity index (χ0) is 15.6. The summed E-state index contributed by atoms with van der Waals surface area (Å²) >= 11 is 5.88. The molecular weight excluding hydrogens is 303 g/mol. The number of halogens is 4. The van der Waals surface area contributed by atoms with Crippen LogP contribution in [0.3, 0.4) is 0 Å². The molecule has 2 rings (SSSR count). The van der Waals surface area contributed by atoms with Crippen LogP contribution in [0.2, 0.25) is 5.02 Å². The minimum atomic E-state index is -4.45. The van der Waals surface area contributed by atoms with Gasteiger partial charge in [0.25, 0.3) is 0 Å². The first kappa shape index (κ1) is 15.0. The van der Waals surface area contributed by atoms with Crippen molar-refractivity contribution in [3.63, 3.8) is 0 Å². The van der Waals surface area contributed by atoms with Gasteiger partial charge in [-0.25, -0.2) is 0 Å². The Labute approximate surface area is 123 Å². The number of nitrogens with one attached hydrogen (secondary N) is 1. The smallest absolute Gasteiger partial charge is 0.398 e. The minimum absolute atomic E-state index is 0.107. The van der Waals surface area contributed by atoms with E-state index in [4.69, 9.17) is 22.6 Å². The van der Waals surface area contributed by atoms with Gasteiger partial charge < -0.3 is 11.1 Å². The molecular formula is C14H9ClF3N3. The maximum absolute atomic E-state index is 12.7. The van der Waals surface area contributed by atoms with Gasteiger partial charge in [0.1, 0.15) is 6.07 Å². The van der Waals surface area contributed by atoms with Crippen LogP contribution in [-0.2, 0) is 6.18 Å². The van der Waals surface area contributed by atoms with Crippen LogP contribution in [0.15, 0.2) is 36.4 Å². The Morgan fingerprint density at radius 3 is 2.43 bits per heavy atom. The van der Waals surface area contributed by atoms with Crippen molar-refractivity contribution in [1.82, 2.24) is 0 Å². The number of nitrogens with zero attached hydrogens (tertiary/aromatic N) is 1. The monoisotopic (exact) mass is 311 g/mol. The fraction of sp³-hybridized carbons (Fsp3) is 0.0714. The van der Waals surface area contributed by atoms with Crippen LogP contribution in [0.5, 0.6) is 0 Å². The van der Waals surface area contributed by atoms with Crippen molar-refractivity contribution < 1.29 is 13.2 Å². The van der Waals surface area contributed by atoms with Gasteiger partial charge in [0.05, 0.1) is 27.5 Å². The van der Waals surface area contributed by atoms with Gasteiger partial charge in [0.2, 0.25) is 0 Å². The van der Waals surface area contributed by atoms with E-state index >= 15 is 0 Å². The molecule has 0 aromatic heterocycles. The van der Waals surface area contributed by atoms with E-state index in [1.165, 1.54) is 24.3 Å². The Hall–Kier alpha value is -2.39. The van der Waals surface area contributed by atoms with Crippen LogP contribution in [-0.4, -0.2) is 0 Å². The van der Waals surface area contributed by atoms with Crippen molar-refractivity contribution in [2.24, 2.45) is 0 Å². The number of nitrogen functional groups attached to an aromatic ring is 1. The molecule has 0 radical (unpaired) electrons. The first-order valence-corrected chi connectivity index (χ1v) is 6.12. The number of anilines is 3. The largest absolute Gasteiger partial charge is 0.416 e. The fourth-order valence-electron chi connectivity index (χ4n) is 1.70. The molecule has 2 aromatic rings. The number of nitriles is 1. The number of rotatable bonds is 2. The maximum Gasteiger partial charge on any atom is 0.416 e. The van der Waals surface area contributed by atoms with Crippen molar-refractivity contribution in [2.75, 3.05) is 11.1 Å². The van der Waals surface area contributed by atoms with E-state index in [1.54, 1.807) is 0 Å². The maximum atomic E-state index is 12.7. The molecule has 0 aliphatic rings. The van der Waals surface area contributed by atoms with Crippen molar-refractivity contribution >= 4 is 28.7 Å². The van der Waals surface area contributed by atoms with E-state index < -0.39 is 11.7 Å². The number of hydrogen-bond acceptors (Lipinski definition) is 3. The molecule has 0 amide bonds. The molecule has 3 nitrogen and oxygen atoms in total. The number of nitrogens with two attached hydrogens (primary N) is 1. The van der Waals surface area contributed by atoms with Gasteiger partial charge in [0, 0.05) is 5.69 Å². The summed E-state index contributed by atoms with van der Waals surface area (Å²) in [5.74, 6) is 0. The third-order valence-electron chi connectivity index (χ3n) is 2.74. The molecule has 0 fully saturated rings. The normalized spacial score (nSPS) is 11.0. The van der Waals surface area contributed by atoms with Crippen LogP contribution >= 0.6 is 11.6 Å². The zero-order valence-corrected chi connectivity index (χ0v) is 11.3. The number of hydrogen-bond donors (Lipinski definition) is 2. The molecule has 0 unspecified atom stereocenters. The van der Waals surface area contributed by atoms with Crippen molar-refractivity contribution in [2.45, 2.75) is 6.18 Å². The lowest BCUT2D eigenvalue weighted by Crippen LogP contribution is -2.05. The molecule has 0 bridgehead atoms. The van der Waals surface area contributed by atoms with Crippen LogP contribution in [0.1, 0.15) is 11.1 Å². The lowest BCUT2D eigenvalue weighted by molar-refractivity contribution is -0.137. The second-order valence-electron chi connectivity index (χ2n) is 4.23. The predicted octanol–water partition coefficient (Wildman–Crippen LogP) is 4.56. The quantitative estimate of drug-likeness (QED) is 0.799. The first-order chi connectivity index (χ1) is 9.81. The third-order valence-corrected chi connectivity index (χ3v) is 3.07. The molecule has 0 spiro atoms. The highest BCUT2D eigenvalue weighted by atomic mass is 35.5. The summed E-state index contributed by atoms with van der Waals surface area (Å²) in [7, 11) is 0. The molecule has 0 atom stereocenters. The summed E-state index contributed by atoms with van der Waals surface area (Å²) in [5.41, 5.74) is 5.90. The van der Waals surface area contributed by atoms with Gasteiger partial charge >= 0.3 is 6.18 Å². The average Bonchev–Trinajstić information content (AvgIpc) is 2.40. The molecule has 21 heavy (non-hydrogen) atoms. The lowest BCUT2D eigenvalue weighted by atomic mass is 10.1. The van der Waals surface area contributed by atoms with Gasteiger partial charge in [-0.1, -0.05) is 11.6 Å². The van der Waals surface area contributed by atoms with E-state index in [9.17, 15) is 13.2 Å². The summed E-state index contributed by atoms with van der Waals surface area (Å²) in [6, 6.07) is 9.34. The summed E-state index contributed by atoms with van der Waals surface area (Å²) in [6.07, 6.45) is -4.45. The van der Waals surface area contributed by atoms with Gasteiger partial charge in [-0.3, -0.25) is 0 Å². The van der Waals surface area contributed by atoms with Crippen molar-refractivity contribution in [3.05, 3.63) is 52.5 Å². The minimum Gasteiger partial charge on any atom is -0.398 e. The van der Waals surface area contributed by atoms with Crippen molar-refractivity contribution in [3.8, 4) is 6.07 Å². The van der Waals surface area contributed by atoms with E-state index in [2.05, 4.69) is 5.32 Å². The van der Waals surface area contributed by atoms with E-state index in [1.807, 2.05) is 6.07 Å². The van der Waals surface area contributed by atoms with Gasteiger partial charge in [-0.2, -0.15) is 18.4 Å². The Morgan fingerprint density at radius 2 is 1.86 bits per heavy atom. The Balaban J connectivity index is 2.35. The fourth-order valence-corrected chi connectivity index (χ4v) is 1.86. The average molecular weight is 312 g/mol. The number of alkyl halides is 3. The summed E-state index contributed by atoms with van der Waals surface area (Å²) in [4.78, 5) is 0. The number of benzene rings is 2. The van der Waals surface area contributed by atoms with Crippen molar-refractivity contribution in [1.29, 1.82) is 5.26 Å². The molecule has 0 saturated carbocycles. The zero-order valence-electron chi connectivity index (χ0n) is 10.5. The summed E-state index contributed by atoms with van der Waals surface area (Å²) in [5, 5.41) is 11.7. The standard InChI is InChI=1S/C14H9ClF3N3/c15-11-4-2-9(14(16,17)18)5-13(11)21-10-3-1-8(7-19)12(20)6-10/h1-6,21H,20H2. The molecule has 0 saturated heterocycles. The molecule has 3 N–H and O–H groups in total. The second-order valence-corrected chi connectivity index (χ2v) is 4.64. The molecule has 2 aromatic carbocycles. The highest BCUT2D eigenvalue weighted by Crippen LogP contribution is 2.35. The Bertz CT molecular complexity index is 720. The van der Waals surface area contributed by atoms with Crippen LogP contribution in [0.25, 0.3) is 0 Å². The van der Waals surface area contributed by atoms with E-state index in [-0.39, 0.29) is 22.0 Å². The van der Waals surface area contributed by atoms with E-state index in [0.717, 1.165) is 12.1 Å². The molecule has 0 aliphatic carbocycles. The molecule has 0 aliphatic heterocycles.